The van der Waals surface area contributed by atoms with Crippen LogP contribution in [0.15, 0.2) is 30.3 Å². The van der Waals surface area contributed by atoms with Gasteiger partial charge in [0.05, 0.1) is 0 Å². The smallest absolute Gasteiger partial charge is 0.248 e. The summed E-state index contributed by atoms with van der Waals surface area (Å²) in [5.41, 5.74) is 1.43. The van der Waals surface area contributed by atoms with Crippen molar-refractivity contribution in [2.45, 2.75) is 56.4 Å². The first-order valence-corrected chi connectivity index (χ1v) is 7.81. The van der Waals surface area contributed by atoms with Crippen LogP contribution in [0.1, 0.15) is 50.0 Å². The highest BCUT2D eigenvalue weighted by atomic mass is 19.3. The van der Waals surface area contributed by atoms with Gasteiger partial charge in [-0.1, -0.05) is 30.3 Å². The maximum Gasteiger partial charge on any atom is 0.248 e. The van der Waals surface area contributed by atoms with Crippen LogP contribution in [0.25, 0.3) is 0 Å². The molecular weight excluding hydrogens is 256 g/mol. The van der Waals surface area contributed by atoms with Gasteiger partial charge in [0.1, 0.15) is 0 Å². The summed E-state index contributed by atoms with van der Waals surface area (Å²) < 4.78 is 26.4. The fraction of sp³-hybridized carbons (Fsp3) is 0.647. The van der Waals surface area contributed by atoms with E-state index >= 15 is 0 Å². The van der Waals surface area contributed by atoms with Crippen LogP contribution in [0.3, 0.4) is 0 Å². The molecule has 0 radical (unpaired) electrons. The molecule has 0 spiro atoms. The van der Waals surface area contributed by atoms with Crippen molar-refractivity contribution in [2.75, 3.05) is 13.1 Å². The summed E-state index contributed by atoms with van der Waals surface area (Å²) in [5, 5.41) is 0. The van der Waals surface area contributed by atoms with Crippen molar-refractivity contribution in [1.29, 1.82) is 0 Å². The standard InChI is InChI=1S/C17H23F2N/c18-17(19)10-6-16(7-11-17)20-12-8-15(9-13-20)14-4-2-1-3-5-14/h1-5,15-16H,6-13H2. The molecule has 0 atom stereocenters. The molecule has 1 saturated heterocycles. The van der Waals surface area contributed by atoms with Crippen LogP contribution < -0.4 is 0 Å². The lowest BCUT2D eigenvalue weighted by Gasteiger charge is -2.40. The van der Waals surface area contributed by atoms with Crippen LogP contribution >= 0.6 is 0 Å². The molecule has 1 heterocycles. The van der Waals surface area contributed by atoms with Crippen molar-refractivity contribution < 1.29 is 8.78 Å². The van der Waals surface area contributed by atoms with E-state index in [2.05, 4.69) is 35.2 Å². The van der Waals surface area contributed by atoms with Gasteiger partial charge in [0.15, 0.2) is 0 Å². The Morgan fingerprint density at radius 2 is 1.50 bits per heavy atom. The second-order valence-corrected chi connectivity index (χ2v) is 6.31. The molecule has 1 nitrogen and oxygen atoms in total. The summed E-state index contributed by atoms with van der Waals surface area (Å²) in [5.74, 6) is -1.75. The highest BCUT2D eigenvalue weighted by Crippen LogP contribution is 2.37. The molecule has 2 fully saturated rings. The molecule has 20 heavy (non-hydrogen) atoms. The SMILES string of the molecule is FC1(F)CCC(N2CCC(c3ccccc3)CC2)CC1. The van der Waals surface area contributed by atoms with Gasteiger partial charge in [-0.2, -0.15) is 0 Å². The van der Waals surface area contributed by atoms with Crippen molar-refractivity contribution in [2.24, 2.45) is 0 Å². The van der Waals surface area contributed by atoms with E-state index < -0.39 is 5.92 Å². The molecule has 1 aromatic rings. The average Bonchev–Trinajstić information content (AvgIpc) is 2.48. The Labute approximate surface area is 120 Å². The van der Waals surface area contributed by atoms with Crippen LogP contribution in [0, 0.1) is 0 Å². The minimum atomic E-state index is -2.40. The van der Waals surface area contributed by atoms with Gasteiger partial charge >= 0.3 is 0 Å². The Hall–Kier alpha value is -0.960. The molecule has 0 N–H and O–H groups in total. The van der Waals surface area contributed by atoms with Crippen LogP contribution in [0.5, 0.6) is 0 Å². The molecule has 1 aliphatic heterocycles. The maximum atomic E-state index is 13.2. The molecule has 1 saturated carbocycles. The number of alkyl halides is 2. The van der Waals surface area contributed by atoms with E-state index in [0.29, 0.717) is 24.8 Å². The zero-order valence-corrected chi connectivity index (χ0v) is 11.9. The topological polar surface area (TPSA) is 3.24 Å². The van der Waals surface area contributed by atoms with Gasteiger partial charge in [0.2, 0.25) is 5.92 Å². The molecule has 0 unspecified atom stereocenters. The Morgan fingerprint density at radius 1 is 0.900 bits per heavy atom. The van der Waals surface area contributed by atoms with Gasteiger partial charge in [-0.25, -0.2) is 8.78 Å². The van der Waals surface area contributed by atoms with Crippen molar-refractivity contribution in [3.8, 4) is 0 Å². The number of halogens is 2. The van der Waals surface area contributed by atoms with Crippen molar-refractivity contribution >= 4 is 0 Å². The lowest BCUT2D eigenvalue weighted by Crippen LogP contribution is -2.44. The maximum absolute atomic E-state index is 13.2. The van der Waals surface area contributed by atoms with E-state index in [0.717, 1.165) is 25.9 Å². The number of likely N-dealkylation sites (tertiary alicyclic amines) is 1. The molecular formula is C17H23F2N. The second-order valence-electron chi connectivity index (χ2n) is 6.31. The zero-order valence-electron chi connectivity index (χ0n) is 11.9. The number of rotatable bonds is 2. The summed E-state index contributed by atoms with van der Waals surface area (Å²) >= 11 is 0. The summed E-state index contributed by atoms with van der Waals surface area (Å²) in [4.78, 5) is 2.45. The summed E-state index contributed by atoms with van der Waals surface area (Å²) in [6.45, 7) is 2.13. The van der Waals surface area contributed by atoms with E-state index in [1.165, 1.54) is 5.56 Å². The number of benzene rings is 1. The molecule has 0 bridgehead atoms. The summed E-state index contributed by atoms with van der Waals surface area (Å²) in [6.07, 6.45) is 3.83. The average molecular weight is 279 g/mol. The van der Waals surface area contributed by atoms with E-state index in [1.54, 1.807) is 0 Å². The highest BCUT2D eigenvalue weighted by Gasteiger charge is 2.37. The van der Waals surface area contributed by atoms with Crippen LogP contribution in [-0.2, 0) is 0 Å². The minimum Gasteiger partial charge on any atom is -0.300 e. The first-order valence-electron chi connectivity index (χ1n) is 7.81. The van der Waals surface area contributed by atoms with Gasteiger partial charge < -0.3 is 4.90 Å². The third-order valence-electron chi connectivity index (χ3n) is 5.00. The van der Waals surface area contributed by atoms with Crippen LogP contribution in [0.4, 0.5) is 8.78 Å². The van der Waals surface area contributed by atoms with Crippen molar-refractivity contribution in [1.82, 2.24) is 4.90 Å². The van der Waals surface area contributed by atoms with Gasteiger partial charge in [-0.15, -0.1) is 0 Å². The van der Waals surface area contributed by atoms with E-state index in [1.807, 2.05) is 0 Å². The van der Waals surface area contributed by atoms with Crippen molar-refractivity contribution in [3.63, 3.8) is 0 Å². The number of piperidine rings is 1. The number of hydrogen-bond acceptors (Lipinski definition) is 1. The molecule has 1 aromatic carbocycles. The second kappa shape index (κ2) is 5.80. The van der Waals surface area contributed by atoms with Gasteiger partial charge in [0, 0.05) is 18.9 Å². The molecule has 3 rings (SSSR count). The third-order valence-corrected chi connectivity index (χ3v) is 5.00. The summed E-state index contributed by atoms with van der Waals surface area (Å²) in [7, 11) is 0. The number of nitrogens with zero attached hydrogens (tertiary/aromatic N) is 1. The normalized spacial score (nSPS) is 25.7. The Bertz CT molecular complexity index is 414. The first kappa shape index (κ1) is 14.0. The molecule has 0 aromatic heterocycles. The number of hydrogen-bond donors (Lipinski definition) is 0. The fourth-order valence-electron chi connectivity index (χ4n) is 3.71. The first-order chi connectivity index (χ1) is 9.64. The summed E-state index contributed by atoms with van der Waals surface area (Å²) in [6, 6.07) is 11.1. The Morgan fingerprint density at radius 3 is 2.10 bits per heavy atom. The van der Waals surface area contributed by atoms with E-state index in [4.69, 9.17) is 0 Å². The highest BCUT2D eigenvalue weighted by molar-refractivity contribution is 5.20. The predicted octanol–water partition coefficient (Wildman–Crippen LogP) is 4.44. The minimum absolute atomic E-state index is 0.0796. The monoisotopic (exact) mass is 279 g/mol. The molecule has 3 heteroatoms. The van der Waals surface area contributed by atoms with Crippen LogP contribution in [0.2, 0.25) is 0 Å². The quantitative estimate of drug-likeness (QED) is 0.773. The lowest BCUT2D eigenvalue weighted by atomic mass is 9.86. The molecule has 110 valence electrons. The van der Waals surface area contributed by atoms with Gasteiger partial charge in [0.25, 0.3) is 0 Å². The fourth-order valence-corrected chi connectivity index (χ4v) is 3.71. The van der Waals surface area contributed by atoms with Crippen molar-refractivity contribution in [3.05, 3.63) is 35.9 Å². The van der Waals surface area contributed by atoms with Gasteiger partial charge in [-0.05, 0) is 50.3 Å². The van der Waals surface area contributed by atoms with Gasteiger partial charge in [-0.3, -0.25) is 0 Å². The third kappa shape index (κ3) is 3.20. The molecule has 2 aliphatic rings. The Balaban J connectivity index is 1.52. The zero-order chi connectivity index (χ0) is 14.0. The van der Waals surface area contributed by atoms with E-state index in [-0.39, 0.29) is 12.8 Å². The Kier molecular flexibility index (Phi) is 4.06. The van der Waals surface area contributed by atoms with E-state index in [9.17, 15) is 8.78 Å². The molecule has 1 aliphatic carbocycles. The lowest BCUT2D eigenvalue weighted by molar-refractivity contribution is -0.0558. The predicted molar refractivity (Wildman–Crippen MR) is 77.2 cm³/mol. The largest absolute Gasteiger partial charge is 0.300 e. The van der Waals surface area contributed by atoms with Crippen LogP contribution in [-0.4, -0.2) is 30.0 Å². The molecule has 0 amide bonds.